The van der Waals surface area contributed by atoms with Crippen LogP contribution in [0.2, 0.25) is 5.82 Å². The van der Waals surface area contributed by atoms with Crippen LogP contribution in [0.4, 0.5) is 0 Å². The van der Waals surface area contributed by atoms with E-state index in [1.807, 2.05) is 5.70 Å². The first-order valence-corrected chi connectivity index (χ1v) is 25.7. The molecule has 11 aliphatic rings. The second-order valence-electron chi connectivity index (χ2n) is 22.0. The van der Waals surface area contributed by atoms with Gasteiger partial charge < -0.3 is 9.80 Å². The minimum atomic E-state index is 0.234. The third-order valence-corrected chi connectivity index (χ3v) is 21.3. The molecule has 4 heteroatoms. The molecular weight excluding hydrogens is 707 g/mol. The van der Waals surface area contributed by atoms with Crippen LogP contribution in [0.1, 0.15) is 154 Å². The van der Waals surface area contributed by atoms with Crippen molar-refractivity contribution >= 4 is 24.0 Å². The summed E-state index contributed by atoms with van der Waals surface area (Å²) in [7, 11) is 0. The van der Waals surface area contributed by atoms with Crippen molar-refractivity contribution in [3.8, 4) is 0 Å². The third kappa shape index (κ3) is 5.48. The van der Waals surface area contributed by atoms with Gasteiger partial charge in [0, 0.05) is 62.7 Å². The maximum absolute atomic E-state index is 3.37. The van der Waals surface area contributed by atoms with E-state index < -0.39 is 0 Å². The molecule has 0 bridgehead atoms. The van der Waals surface area contributed by atoms with E-state index in [0.29, 0.717) is 39.9 Å². The van der Waals surface area contributed by atoms with Crippen LogP contribution in [0.5, 0.6) is 0 Å². The molecule has 12 rings (SSSR count). The van der Waals surface area contributed by atoms with E-state index >= 15 is 0 Å². The van der Waals surface area contributed by atoms with E-state index in [0.717, 1.165) is 42.1 Å². The molecule has 3 saturated carbocycles. The first kappa shape index (κ1) is 36.8. The van der Waals surface area contributed by atoms with Gasteiger partial charge in [-0.1, -0.05) is 124 Å². The Kier molecular flexibility index (Phi) is 9.20. The van der Waals surface area contributed by atoms with Crippen LogP contribution in [0, 0.1) is 40.9 Å². The molecule has 11 unspecified atom stereocenters. The molecule has 57 heavy (non-hydrogen) atoms. The summed E-state index contributed by atoms with van der Waals surface area (Å²) in [6, 6.07) is 13.8. The quantitative estimate of drug-likeness (QED) is 0.222. The van der Waals surface area contributed by atoms with Crippen molar-refractivity contribution in [1.29, 1.82) is 0 Å². The maximum Gasteiger partial charge on any atom is 0.196 e. The van der Waals surface area contributed by atoms with Gasteiger partial charge in [-0.25, -0.2) is 0 Å². The van der Waals surface area contributed by atoms with Crippen molar-refractivity contribution in [2.75, 3.05) is 0 Å². The number of thioether (sulfide) groups is 1. The summed E-state index contributed by atoms with van der Waals surface area (Å²) in [5, 5.41) is 1.31. The van der Waals surface area contributed by atoms with E-state index in [1.54, 1.807) is 11.3 Å². The van der Waals surface area contributed by atoms with Gasteiger partial charge in [0.05, 0.1) is 0 Å². The fraction of sp³-hybridized carbons (Fsp3) is 0.698. The lowest BCUT2D eigenvalue weighted by molar-refractivity contribution is -0.0359. The van der Waals surface area contributed by atoms with Crippen LogP contribution in [0.25, 0.3) is 5.57 Å². The Bertz CT molecular complexity index is 1860. The molecular formula is C53H71BN2S. The monoisotopic (exact) mass is 779 g/mol. The van der Waals surface area contributed by atoms with Crippen LogP contribution in [-0.4, -0.2) is 50.6 Å². The van der Waals surface area contributed by atoms with Gasteiger partial charge in [0.25, 0.3) is 0 Å². The van der Waals surface area contributed by atoms with Gasteiger partial charge in [0.15, 0.2) is 6.71 Å². The van der Waals surface area contributed by atoms with Crippen LogP contribution in [0.15, 0.2) is 83.7 Å². The third-order valence-electron chi connectivity index (χ3n) is 19.7. The summed E-state index contributed by atoms with van der Waals surface area (Å²) in [6.45, 7) is 6.41. The Morgan fingerprint density at radius 2 is 1.53 bits per heavy atom. The van der Waals surface area contributed by atoms with Crippen molar-refractivity contribution in [2.24, 2.45) is 40.9 Å². The normalized spacial score (nSPS) is 41.6. The molecule has 1 aromatic carbocycles. The predicted molar refractivity (Wildman–Crippen MR) is 242 cm³/mol. The molecule has 0 aromatic heterocycles. The highest BCUT2D eigenvalue weighted by molar-refractivity contribution is 8.02. The van der Waals surface area contributed by atoms with Crippen molar-refractivity contribution in [3.05, 3.63) is 89.2 Å². The number of hydrogen-bond acceptors (Lipinski definition) is 3. The van der Waals surface area contributed by atoms with Gasteiger partial charge in [-0.2, -0.15) is 11.8 Å². The van der Waals surface area contributed by atoms with Crippen molar-refractivity contribution in [3.63, 3.8) is 0 Å². The largest absolute Gasteiger partial charge is 0.368 e. The standard InChI is InChI=1S/C53H71BN2S/c1-52(2)53(29-17-6-18-30-53)42-31-38(35-19-7-3-8-20-35)32-43-50(42)56(52)46-34-39(36-21-9-4-10-22-36)33-45-48(46)54(43)51-49(41-26-14-16-28-47(41)57-51)55(45)44-27-15-13-25-40(44)37-23-11-5-12-24-37/h3,5,7,11-12,14,16,23-24,26,28,35-36,38-39,41-42,45-49,51H,4,6,8-10,13,15,17-22,25,27,29-34H2,1-2H3. The first-order chi connectivity index (χ1) is 28.0. The van der Waals surface area contributed by atoms with E-state index in [9.17, 15) is 0 Å². The number of rotatable bonds is 4. The molecule has 11 atom stereocenters. The topological polar surface area (TPSA) is 6.48 Å². The van der Waals surface area contributed by atoms with E-state index in [2.05, 4.69) is 108 Å². The van der Waals surface area contributed by atoms with E-state index in [1.165, 1.54) is 140 Å². The minimum absolute atomic E-state index is 0.234. The summed E-state index contributed by atoms with van der Waals surface area (Å²) in [5.74, 6) is 5.73. The Balaban J connectivity index is 1.08. The van der Waals surface area contributed by atoms with Crippen molar-refractivity contribution in [2.45, 2.75) is 189 Å². The Morgan fingerprint density at radius 1 is 0.737 bits per heavy atom. The molecule has 302 valence electrons. The van der Waals surface area contributed by atoms with Crippen molar-refractivity contribution < 1.29 is 0 Å². The zero-order chi connectivity index (χ0) is 37.9. The Hall–Kier alpha value is -2.07. The highest BCUT2D eigenvalue weighted by Crippen LogP contribution is 2.72. The van der Waals surface area contributed by atoms with Gasteiger partial charge in [-0.15, -0.1) is 0 Å². The zero-order valence-electron chi connectivity index (χ0n) is 35.5. The predicted octanol–water partition coefficient (Wildman–Crippen LogP) is 13.2. The molecule has 0 amide bonds. The molecule has 4 aliphatic heterocycles. The van der Waals surface area contributed by atoms with Gasteiger partial charge >= 0.3 is 0 Å². The smallest absolute Gasteiger partial charge is 0.196 e. The summed E-state index contributed by atoms with van der Waals surface area (Å²) in [6.07, 6.45) is 45.3. The number of benzene rings is 1. The molecule has 6 fully saturated rings. The second kappa shape index (κ2) is 14.3. The molecule has 1 spiro atoms. The second-order valence-corrected chi connectivity index (χ2v) is 23.4. The van der Waals surface area contributed by atoms with E-state index in [4.69, 9.17) is 0 Å². The lowest BCUT2D eigenvalue weighted by Crippen LogP contribution is -2.72. The molecule has 3 saturated heterocycles. The summed E-state index contributed by atoms with van der Waals surface area (Å²) < 4.78 is 0. The van der Waals surface area contributed by atoms with Crippen LogP contribution < -0.4 is 0 Å². The van der Waals surface area contributed by atoms with Crippen LogP contribution >= 0.6 is 11.8 Å². The Morgan fingerprint density at radius 3 is 2.35 bits per heavy atom. The lowest BCUT2D eigenvalue weighted by Gasteiger charge is -2.65. The SMILES string of the molecule is CC1(C)N2C3=C(CC(C4CC=CCC4)CC3C13CCCCC3)B1C3SC4C=CC=CC4C3N(C3=C(c4ccccc4)CCCC3)C3CC(C4CCCCC4)CC2C13. The van der Waals surface area contributed by atoms with Crippen LogP contribution in [-0.2, 0) is 0 Å². The molecule has 2 nitrogen and oxygen atoms in total. The fourth-order valence-electron chi connectivity index (χ4n) is 17.4. The van der Waals surface area contributed by atoms with Gasteiger partial charge in [0.2, 0.25) is 0 Å². The average molecular weight is 779 g/mol. The molecule has 7 aliphatic carbocycles. The fourth-order valence-corrected chi connectivity index (χ4v) is 19.4. The molecule has 0 radical (unpaired) electrons. The molecule has 0 N–H and O–H groups in total. The number of allylic oxidation sites excluding steroid dienone is 8. The average Bonchev–Trinajstić information content (AvgIpc) is 3.74. The highest BCUT2D eigenvalue weighted by atomic mass is 32.2. The van der Waals surface area contributed by atoms with Crippen LogP contribution in [0.3, 0.4) is 0 Å². The maximum atomic E-state index is 3.37. The number of nitrogens with zero attached hydrogens (tertiary/aromatic N) is 2. The zero-order valence-corrected chi connectivity index (χ0v) is 36.3. The lowest BCUT2D eigenvalue weighted by atomic mass is 9.25. The van der Waals surface area contributed by atoms with Gasteiger partial charge in [0.1, 0.15) is 0 Å². The van der Waals surface area contributed by atoms with Gasteiger partial charge in [-0.05, 0) is 138 Å². The van der Waals surface area contributed by atoms with Crippen molar-refractivity contribution in [1.82, 2.24) is 9.80 Å². The first-order valence-electron chi connectivity index (χ1n) is 24.8. The molecule has 1 aromatic rings. The minimum Gasteiger partial charge on any atom is -0.368 e. The highest BCUT2D eigenvalue weighted by Gasteiger charge is 2.72. The summed E-state index contributed by atoms with van der Waals surface area (Å²) in [5.41, 5.74) is 9.78. The number of hydrogen-bond donors (Lipinski definition) is 0. The van der Waals surface area contributed by atoms with Gasteiger partial charge in [-0.3, -0.25) is 0 Å². The summed E-state index contributed by atoms with van der Waals surface area (Å²) in [4.78, 5) is 6.71. The Labute approximate surface area is 351 Å². The molecule has 4 heterocycles. The number of fused-ring (bicyclic) bond motifs is 7. The summed E-state index contributed by atoms with van der Waals surface area (Å²) >= 11 is 2.47. The van der Waals surface area contributed by atoms with E-state index in [-0.39, 0.29) is 5.54 Å².